The van der Waals surface area contributed by atoms with E-state index in [1.807, 2.05) is 0 Å². The lowest BCUT2D eigenvalue weighted by Crippen LogP contribution is -2.14. The van der Waals surface area contributed by atoms with Crippen LogP contribution in [0.2, 0.25) is 0 Å². The molecule has 0 amide bonds. The Balaban J connectivity index is 3.19. The van der Waals surface area contributed by atoms with Crippen LogP contribution in [0.15, 0.2) is 22.3 Å². The lowest BCUT2D eigenvalue weighted by molar-refractivity contribution is 0.498. The first-order valence-electron chi connectivity index (χ1n) is 5.00. The lowest BCUT2D eigenvalue weighted by atomic mass is 9.78. The maximum Gasteiger partial charge on any atom is 0.0235 e. The van der Waals surface area contributed by atoms with Crippen LogP contribution >= 0.6 is 0 Å². The second-order valence-corrected chi connectivity index (χ2v) is 5.12. The van der Waals surface area contributed by atoms with Crippen LogP contribution in [-0.4, -0.2) is 0 Å². The maximum atomic E-state index is 2.29. The molecule has 0 atom stereocenters. The van der Waals surface area contributed by atoms with Gasteiger partial charge in [-0.1, -0.05) is 38.8 Å². The van der Waals surface area contributed by atoms with Crippen molar-refractivity contribution in [1.82, 2.24) is 0 Å². The molecule has 0 aromatic carbocycles. The summed E-state index contributed by atoms with van der Waals surface area (Å²) in [4.78, 5) is 0. The summed E-state index contributed by atoms with van der Waals surface area (Å²) in [6.07, 6.45) is 0. The Morgan fingerprint density at radius 2 is 1.15 bits per heavy atom. The van der Waals surface area contributed by atoms with E-state index >= 15 is 0 Å². The Kier molecular flexibility index (Phi) is 2.44. The lowest BCUT2D eigenvalue weighted by Gasteiger charge is -2.26. The van der Waals surface area contributed by atoms with Crippen molar-refractivity contribution in [2.24, 2.45) is 5.41 Å². The van der Waals surface area contributed by atoms with Crippen LogP contribution in [-0.2, 0) is 0 Å². The van der Waals surface area contributed by atoms with Gasteiger partial charge in [0.25, 0.3) is 0 Å². The zero-order valence-electron chi connectivity index (χ0n) is 10.0. The van der Waals surface area contributed by atoms with Crippen molar-refractivity contribution in [1.29, 1.82) is 0 Å². The average molecular weight is 177 g/mol. The SMILES string of the molecule is C[C]1C(C)=C(C)C(C)=C1C(C)(C)C. The summed E-state index contributed by atoms with van der Waals surface area (Å²) in [7, 11) is 0. The topological polar surface area (TPSA) is 0 Å². The third-order valence-corrected chi connectivity index (χ3v) is 3.19. The zero-order valence-corrected chi connectivity index (χ0v) is 10.0. The minimum absolute atomic E-state index is 0.285. The molecule has 0 aromatic rings. The highest BCUT2D eigenvalue weighted by Gasteiger charge is 2.31. The van der Waals surface area contributed by atoms with Gasteiger partial charge in [0.2, 0.25) is 0 Å². The van der Waals surface area contributed by atoms with Crippen LogP contribution < -0.4 is 0 Å². The van der Waals surface area contributed by atoms with Crippen molar-refractivity contribution in [2.45, 2.75) is 48.5 Å². The molecular weight excluding hydrogens is 156 g/mol. The van der Waals surface area contributed by atoms with Gasteiger partial charge in [-0.05, 0) is 37.3 Å². The summed E-state index contributed by atoms with van der Waals surface area (Å²) in [5.41, 5.74) is 6.27. The normalized spacial score (nSPS) is 20.5. The fourth-order valence-corrected chi connectivity index (χ4v) is 2.34. The van der Waals surface area contributed by atoms with E-state index in [-0.39, 0.29) is 5.41 Å². The Morgan fingerprint density at radius 1 is 0.692 bits per heavy atom. The molecule has 0 saturated heterocycles. The highest BCUT2D eigenvalue weighted by molar-refractivity contribution is 5.58. The Morgan fingerprint density at radius 3 is 1.31 bits per heavy atom. The van der Waals surface area contributed by atoms with Crippen LogP contribution in [0.4, 0.5) is 0 Å². The molecule has 1 radical (unpaired) electrons. The summed E-state index contributed by atoms with van der Waals surface area (Å²) in [5.74, 6) is 1.49. The van der Waals surface area contributed by atoms with Gasteiger partial charge < -0.3 is 0 Å². The predicted molar refractivity (Wildman–Crippen MR) is 59.4 cm³/mol. The first-order valence-corrected chi connectivity index (χ1v) is 5.00. The Labute approximate surface area is 82.7 Å². The third-order valence-electron chi connectivity index (χ3n) is 3.19. The molecule has 0 unspecified atom stereocenters. The fourth-order valence-electron chi connectivity index (χ4n) is 2.34. The second kappa shape index (κ2) is 3.01. The monoisotopic (exact) mass is 177 g/mol. The fraction of sp³-hybridized carbons (Fsp3) is 0.615. The van der Waals surface area contributed by atoms with E-state index in [9.17, 15) is 0 Å². The van der Waals surface area contributed by atoms with Gasteiger partial charge in [-0.25, -0.2) is 0 Å². The summed E-state index contributed by atoms with van der Waals surface area (Å²) >= 11 is 0. The predicted octanol–water partition coefficient (Wildman–Crippen LogP) is 4.29. The van der Waals surface area contributed by atoms with Gasteiger partial charge in [0.15, 0.2) is 0 Å². The van der Waals surface area contributed by atoms with E-state index in [0.29, 0.717) is 0 Å². The molecule has 0 heterocycles. The van der Waals surface area contributed by atoms with Gasteiger partial charge in [-0.2, -0.15) is 0 Å². The van der Waals surface area contributed by atoms with Crippen LogP contribution in [0, 0.1) is 11.3 Å². The molecule has 1 rings (SSSR count). The molecule has 0 bridgehead atoms. The molecular formula is C13H21. The van der Waals surface area contributed by atoms with Gasteiger partial charge in [0, 0.05) is 5.92 Å². The summed E-state index contributed by atoms with van der Waals surface area (Å²) in [6, 6.07) is 0. The van der Waals surface area contributed by atoms with Crippen LogP contribution in [0.3, 0.4) is 0 Å². The highest BCUT2D eigenvalue weighted by Crippen LogP contribution is 2.46. The highest BCUT2D eigenvalue weighted by atomic mass is 14.4. The summed E-state index contributed by atoms with van der Waals surface area (Å²) < 4.78 is 0. The van der Waals surface area contributed by atoms with E-state index in [2.05, 4.69) is 48.5 Å². The van der Waals surface area contributed by atoms with Crippen molar-refractivity contribution in [3.8, 4) is 0 Å². The van der Waals surface area contributed by atoms with Crippen LogP contribution in [0.5, 0.6) is 0 Å². The average Bonchev–Trinajstić information content (AvgIpc) is 2.14. The molecule has 73 valence electrons. The van der Waals surface area contributed by atoms with Gasteiger partial charge in [-0.3, -0.25) is 0 Å². The van der Waals surface area contributed by atoms with Gasteiger partial charge in [0.1, 0.15) is 0 Å². The van der Waals surface area contributed by atoms with E-state index in [0.717, 1.165) is 0 Å². The third kappa shape index (κ3) is 1.59. The second-order valence-electron chi connectivity index (χ2n) is 5.12. The van der Waals surface area contributed by atoms with Crippen molar-refractivity contribution in [3.05, 3.63) is 28.2 Å². The molecule has 1 aliphatic rings. The number of hydrogen-bond donors (Lipinski definition) is 0. The molecule has 0 spiro atoms. The Bertz CT molecular complexity index is 282. The number of rotatable bonds is 0. The largest absolute Gasteiger partial charge is 0.0589 e. The van der Waals surface area contributed by atoms with Crippen molar-refractivity contribution >= 4 is 0 Å². The standard InChI is InChI=1S/C13H21/c1-8-9(2)11(4)12(10(8)3)13(5,6)7/h1-7H3. The van der Waals surface area contributed by atoms with Crippen molar-refractivity contribution in [2.75, 3.05) is 0 Å². The van der Waals surface area contributed by atoms with Crippen molar-refractivity contribution < 1.29 is 0 Å². The molecule has 0 nitrogen and oxygen atoms in total. The molecule has 0 aromatic heterocycles. The molecule has 0 aliphatic heterocycles. The Hall–Kier alpha value is -0.520. The number of allylic oxidation sites excluding steroid dienone is 4. The van der Waals surface area contributed by atoms with E-state index in [1.54, 1.807) is 5.57 Å². The summed E-state index contributed by atoms with van der Waals surface area (Å²) in [5, 5.41) is 0. The van der Waals surface area contributed by atoms with E-state index in [1.165, 1.54) is 22.6 Å². The first-order chi connectivity index (χ1) is 5.76. The molecule has 0 heteroatoms. The molecule has 0 saturated carbocycles. The molecule has 13 heavy (non-hydrogen) atoms. The van der Waals surface area contributed by atoms with E-state index < -0.39 is 0 Å². The van der Waals surface area contributed by atoms with Gasteiger partial charge >= 0.3 is 0 Å². The minimum atomic E-state index is 0.285. The van der Waals surface area contributed by atoms with Crippen LogP contribution in [0.1, 0.15) is 48.5 Å². The number of hydrogen-bond acceptors (Lipinski definition) is 0. The maximum absolute atomic E-state index is 2.29. The smallest absolute Gasteiger partial charge is 0.0235 e. The minimum Gasteiger partial charge on any atom is -0.0589 e. The zero-order chi connectivity index (χ0) is 10.4. The molecule has 0 N–H and O–H groups in total. The first kappa shape index (κ1) is 10.6. The van der Waals surface area contributed by atoms with E-state index in [4.69, 9.17) is 0 Å². The van der Waals surface area contributed by atoms with Crippen molar-refractivity contribution in [3.63, 3.8) is 0 Å². The summed E-state index contributed by atoms with van der Waals surface area (Å²) in [6.45, 7) is 15.8. The quantitative estimate of drug-likeness (QED) is 0.517. The molecule has 1 aliphatic carbocycles. The van der Waals surface area contributed by atoms with Crippen LogP contribution in [0.25, 0.3) is 0 Å². The van der Waals surface area contributed by atoms with Gasteiger partial charge in [0.05, 0.1) is 0 Å². The molecule has 0 fully saturated rings. The van der Waals surface area contributed by atoms with Gasteiger partial charge in [-0.15, -0.1) is 0 Å².